The molecule has 1 aromatic rings. The van der Waals surface area contributed by atoms with E-state index in [2.05, 4.69) is 5.10 Å². The molecule has 82 valence electrons. The zero-order chi connectivity index (χ0) is 10.7. The highest BCUT2D eigenvalue weighted by atomic mass is 32.2. The van der Waals surface area contributed by atoms with Gasteiger partial charge in [0.1, 0.15) is 11.7 Å². The third kappa shape index (κ3) is 1.24. The summed E-state index contributed by atoms with van der Waals surface area (Å²) in [5.41, 5.74) is 0.624. The molecule has 2 aliphatic rings. The molecule has 0 saturated carbocycles. The Morgan fingerprint density at radius 1 is 1.67 bits per heavy atom. The Hall–Kier alpha value is -0.880. The van der Waals surface area contributed by atoms with Crippen LogP contribution in [-0.4, -0.2) is 35.8 Å². The van der Waals surface area contributed by atoms with Crippen molar-refractivity contribution in [3.05, 3.63) is 18.0 Å². The minimum atomic E-state index is -2.89. The number of epoxide rings is 1. The number of rotatable bonds is 1. The molecule has 0 bridgehead atoms. The van der Waals surface area contributed by atoms with Crippen LogP contribution in [0.3, 0.4) is 0 Å². The van der Waals surface area contributed by atoms with Gasteiger partial charge in [-0.3, -0.25) is 4.68 Å². The molecule has 0 N–H and O–H groups in total. The first kappa shape index (κ1) is 9.35. The highest BCUT2D eigenvalue weighted by Crippen LogP contribution is 2.52. The summed E-state index contributed by atoms with van der Waals surface area (Å²) < 4.78 is 30.1. The molecule has 5 nitrogen and oxygen atoms in total. The lowest BCUT2D eigenvalue weighted by molar-refractivity contribution is 0.284. The minimum absolute atomic E-state index is 0.151. The fourth-order valence-electron chi connectivity index (χ4n) is 2.37. The predicted molar refractivity (Wildman–Crippen MR) is 53.0 cm³/mol. The van der Waals surface area contributed by atoms with Crippen LogP contribution < -0.4 is 0 Å². The first-order valence-corrected chi connectivity index (χ1v) is 6.72. The average molecular weight is 228 g/mol. The van der Waals surface area contributed by atoms with Crippen molar-refractivity contribution in [1.29, 1.82) is 0 Å². The SMILES string of the molecule is Cn1nccc1[C@]12CCS(=O)(=O)C[C@H]1O2. The van der Waals surface area contributed by atoms with Gasteiger partial charge in [0.05, 0.1) is 17.2 Å². The third-order valence-corrected chi connectivity index (χ3v) is 4.90. The predicted octanol–water partition coefficient (Wildman–Crippen LogP) is -0.167. The molecule has 15 heavy (non-hydrogen) atoms. The van der Waals surface area contributed by atoms with Gasteiger partial charge >= 0.3 is 0 Å². The van der Waals surface area contributed by atoms with E-state index in [0.29, 0.717) is 6.42 Å². The summed E-state index contributed by atoms with van der Waals surface area (Å²) in [5, 5.41) is 4.09. The van der Waals surface area contributed by atoms with Crippen LogP contribution in [-0.2, 0) is 27.2 Å². The number of nitrogens with zero attached hydrogens (tertiary/aromatic N) is 2. The van der Waals surface area contributed by atoms with Crippen LogP contribution in [0.2, 0.25) is 0 Å². The molecule has 2 aliphatic heterocycles. The molecule has 2 fully saturated rings. The highest BCUT2D eigenvalue weighted by molar-refractivity contribution is 7.91. The molecule has 0 unspecified atom stereocenters. The van der Waals surface area contributed by atoms with Crippen LogP contribution in [0.25, 0.3) is 0 Å². The number of hydrogen-bond acceptors (Lipinski definition) is 4. The Kier molecular flexibility index (Phi) is 1.63. The zero-order valence-electron chi connectivity index (χ0n) is 8.38. The van der Waals surface area contributed by atoms with E-state index in [-0.39, 0.29) is 23.2 Å². The summed E-state index contributed by atoms with van der Waals surface area (Å²) in [5.74, 6) is 0.368. The van der Waals surface area contributed by atoms with E-state index in [4.69, 9.17) is 4.74 Å². The van der Waals surface area contributed by atoms with Crippen molar-refractivity contribution in [2.24, 2.45) is 7.05 Å². The Bertz CT molecular complexity index is 507. The van der Waals surface area contributed by atoms with Crippen molar-refractivity contribution >= 4 is 9.84 Å². The molecule has 3 rings (SSSR count). The van der Waals surface area contributed by atoms with Gasteiger partial charge in [0, 0.05) is 13.2 Å². The maximum Gasteiger partial charge on any atom is 0.153 e. The van der Waals surface area contributed by atoms with Crippen molar-refractivity contribution in [3.63, 3.8) is 0 Å². The Labute approximate surface area is 88.0 Å². The lowest BCUT2D eigenvalue weighted by atomic mass is 9.98. The molecular weight excluding hydrogens is 216 g/mol. The lowest BCUT2D eigenvalue weighted by Crippen LogP contribution is -2.31. The van der Waals surface area contributed by atoms with Crippen molar-refractivity contribution in [1.82, 2.24) is 9.78 Å². The Morgan fingerprint density at radius 3 is 3.07 bits per heavy atom. The summed E-state index contributed by atoms with van der Waals surface area (Å²) in [7, 11) is -1.03. The van der Waals surface area contributed by atoms with E-state index in [9.17, 15) is 8.42 Å². The van der Waals surface area contributed by atoms with E-state index in [1.54, 1.807) is 10.9 Å². The summed E-state index contributed by atoms with van der Waals surface area (Å²) in [6, 6.07) is 1.90. The second-order valence-electron chi connectivity index (χ2n) is 4.20. The smallest absolute Gasteiger partial charge is 0.153 e. The standard InChI is InChI=1S/C9H12N2O3S/c1-11-7(2-4-10-11)9-3-5-15(12,13)6-8(9)14-9/h2,4,8H,3,5-6H2,1H3/t8-,9-/m1/s1. The van der Waals surface area contributed by atoms with E-state index < -0.39 is 9.84 Å². The molecule has 0 radical (unpaired) electrons. The van der Waals surface area contributed by atoms with Gasteiger partial charge in [0.2, 0.25) is 0 Å². The molecule has 2 atom stereocenters. The van der Waals surface area contributed by atoms with Gasteiger partial charge < -0.3 is 4.74 Å². The van der Waals surface area contributed by atoms with Crippen molar-refractivity contribution in [3.8, 4) is 0 Å². The third-order valence-electron chi connectivity index (χ3n) is 3.26. The number of aromatic nitrogens is 2. The normalized spacial score (nSPS) is 37.3. The zero-order valence-corrected chi connectivity index (χ0v) is 9.20. The number of sulfone groups is 1. The van der Waals surface area contributed by atoms with Gasteiger partial charge in [-0.25, -0.2) is 8.42 Å². The van der Waals surface area contributed by atoms with Crippen LogP contribution in [0, 0.1) is 0 Å². The molecule has 6 heteroatoms. The average Bonchev–Trinajstić information content (AvgIpc) is 2.68. The number of fused-ring (bicyclic) bond motifs is 1. The van der Waals surface area contributed by atoms with Gasteiger partial charge in [0.25, 0.3) is 0 Å². The summed E-state index contributed by atoms with van der Waals surface area (Å²) >= 11 is 0. The monoisotopic (exact) mass is 228 g/mol. The van der Waals surface area contributed by atoms with Crippen LogP contribution in [0.4, 0.5) is 0 Å². The van der Waals surface area contributed by atoms with E-state index >= 15 is 0 Å². The highest BCUT2D eigenvalue weighted by Gasteiger charge is 2.63. The van der Waals surface area contributed by atoms with E-state index in [1.807, 2.05) is 13.1 Å². The number of aryl methyl sites for hydroxylation is 1. The minimum Gasteiger partial charge on any atom is -0.358 e. The van der Waals surface area contributed by atoms with Crippen LogP contribution >= 0.6 is 0 Å². The maximum atomic E-state index is 11.4. The molecule has 0 aliphatic carbocycles. The fraction of sp³-hybridized carbons (Fsp3) is 0.667. The van der Waals surface area contributed by atoms with Gasteiger partial charge in [-0.1, -0.05) is 0 Å². The van der Waals surface area contributed by atoms with E-state index in [0.717, 1.165) is 5.69 Å². The summed E-state index contributed by atoms with van der Waals surface area (Å²) in [6.45, 7) is 0. The van der Waals surface area contributed by atoms with Crippen molar-refractivity contribution < 1.29 is 13.2 Å². The summed E-state index contributed by atoms with van der Waals surface area (Å²) in [4.78, 5) is 0. The largest absolute Gasteiger partial charge is 0.358 e. The van der Waals surface area contributed by atoms with Crippen molar-refractivity contribution in [2.75, 3.05) is 11.5 Å². The quantitative estimate of drug-likeness (QED) is 0.626. The van der Waals surface area contributed by atoms with Gasteiger partial charge in [-0.05, 0) is 12.5 Å². The van der Waals surface area contributed by atoms with Crippen LogP contribution in [0.15, 0.2) is 12.3 Å². The first-order chi connectivity index (χ1) is 7.04. The molecular formula is C9H12N2O3S. The van der Waals surface area contributed by atoms with Gasteiger partial charge in [-0.15, -0.1) is 0 Å². The molecule has 3 heterocycles. The fourth-order valence-corrected chi connectivity index (χ4v) is 3.95. The Morgan fingerprint density at radius 2 is 2.47 bits per heavy atom. The van der Waals surface area contributed by atoms with Gasteiger partial charge in [-0.2, -0.15) is 5.10 Å². The number of hydrogen-bond donors (Lipinski definition) is 0. The van der Waals surface area contributed by atoms with E-state index in [1.165, 1.54) is 0 Å². The molecule has 0 spiro atoms. The second-order valence-corrected chi connectivity index (χ2v) is 6.43. The molecule has 0 aromatic carbocycles. The first-order valence-electron chi connectivity index (χ1n) is 4.90. The van der Waals surface area contributed by atoms with Crippen molar-refractivity contribution in [2.45, 2.75) is 18.1 Å². The van der Waals surface area contributed by atoms with Crippen LogP contribution in [0.1, 0.15) is 12.1 Å². The molecule has 2 saturated heterocycles. The topological polar surface area (TPSA) is 64.5 Å². The second kappa shape index (κ2) is 2.62. The molecule has 1 aromatic heterocycles. The Balaban J connectivity index is 1.96. The number of ether oxygens (including phenoxy) is 1. The van der Waals surface area contributed by atoms with Crippen LogP contribution in [0.5, 0.6) is 0 Å². The molecule has 0 amide bonds. The summed E-state index contributed by atoms with van der Waals surface area (Å²) in [6.07, 6.45) is 2.11. The lowest BCUT2D eigenvalue weighted by Gasteiger charge is -2.17. The maximum absolute atomic E-state index is 11.4. The van der Waals surface area contributed by atoms with Gasteiger partial charge in [0.15, 0.2) is 9.84 Å².